The van der Waals surface area contributed by atoms with E-state index in [4.69, 9.17) is 5.73 Å². The SMILES string of the molecule is Cn1ncc(-c2cccs2)c(N)c1=O. The maximum absolute atomic E-state index is 11.5. The van der Waals surface area contributed by atoms with Gasteiger partial charge in [-0.3, -0.25) is 4.79 Å². The first kappa shape index (κ1) is 8.96. The molecule has 0 atom stereocenters. The average Bonchev–Trinajstić information content (AvgIpc) is 2.67. The Bertz CT molecular complexity index is 501. The van der Waals surface area contributed by atoms with Crippen molar-refractivity contribution in [3.63, 3.8) is 0 Å². The molecule has 2 aromatic rings. The van der Waals surface area contributed by atoms with Crippen molar-refractivity contribution in [1.82, 2.24) is 9.78 Å². The first-order chi connectivity index (χ1) is 6.70. The van der Waals surface area contributed by atoms with Gasteiger partial charge in [0, 0.05) is 17.5 Å². The number of aromatic nitrogens is 2. The van der Waals surface area contributed by atoms with Crippen LogP contribution in [0.25, 0.3) is 10.4 Å². The summed E-state index contributed by atoms with van der Waals surface area (Å²) < 4.78 is 1.23. The Morgan fingerprint density at radius 2 is 2.36 bits per heavy atom. The molecule has 0 saturated carbocycles. The number of rotatable bonds is 1. The second kappa shape index (κ2) is 3.26. The van der Waals surface area contributed by atoms with Crippen LogP contribution in [-0.4, -0.2) is 9.78 Å². The van der Waals surface area contributed by atoms with Gasteiger partial charge < -0.3 is 5.73 Å². The van der Waals surface area contributed by atoms with Crippen LogP contribution in [0.5, 0.6) is 0 Å². The third kappa shape index (κ3) is 1.31. The fourth-order valence-corrected chi connectivity index (χ4v) is 1.93. The smallest absolute Gasteiger partial charge is 0.290 e. The topological polar surface area (TPSA) is 60.9 Å². The van der Waals surface area contributed by atoms with Gasteiger partial charge >= 0.3 is 0 Å². The van der Waals surface area contributed by atoms with Crippen molar-refractivity contribution in [1.29, 1.82) is 0 Å². The first-order valence-corrected chi connectivity index (χ1v) is 4.94. The summed E-state index contributed by atoms with van der Waals surface area (Å²) in [6.07, 6.45) is 1.61. The molecule has 0 radical (unpaired) electrons. The zero-order chi connectivity index (χ0) is 10.1. The Labute approximate surface area is 84.6 Å². The summed E-state index contributed by atoms with van der Waals surface area (Å²) in [4.78, 5) is 12.4. The number of hydrogen-bond donors (Lipinski definition) is 1. The number of nitrogens with two attached hydrogens (primary N) is 1. The summed E-state index contributed by atoms with van der Waals surface area (Å²) in [6, 6.07) is 3.83. The number of nitrogen functional groups attached to an aromatic ring is 1. The van der Waals surface area contributed by atoms with E-state index in [1.165, 1.54) is 16.0 Å². The van der Waals surface area contributed by atoms with Crippen LogP contribution in [0.2, 0.25) is 0 Å². The minimum Gasteiger partial charge on any atom is -0.394 e. The lowest BCUT2D eigenvalue weighted by atomic mass is 10.2. The fourth-order valence-electron chi connectivity index (χ4n) is 1.18. The molecule has 0 aliphatic carbocycles. The number of anilines is 1. The van der Waals surface area contributed by atoms with Gasteiger partial charge in [0.25, 0.3) is 5.56 Å². The monoisotopic (exact) mass is 207 g/mol. The Balaban J connectivity index is 2.68. The molecule has 0 aromatic carbocycles. The Morgan fingerprint density at radius 3 is 3.00 bits per heavy atom. The van der Waals surface area contributed by atoms with E-state index in [9.17, 15) is 4.79 Å². The second-order valence-electron chi connectivity index (χ2n) is 2.88. The van der Waals surface area contributed by atoms with Crippen LogP contribution < -0.4 is 11.3 Å². The summed E-state index contributed by atoms with van der Waals surface area (Å²) in [5, 5.41) is 5.86. The Morgan fingerprint density at radius 1 is 1.57 bits per heavy atom. The maximum Gasteiger partial charge on any atom is 0.290 e. The molecule has 0 aliphatic heterocycles. The minimum absolute atomic E-state index is 0.254. The third-order valence-corrected chi connectivity index (χ3v) is 2.86. The standard InChI is InChI=1S/C9H9N3OS/c1-12-9(13)8(10)6(5-11-12)7-3-2-4-14-7/h2-5H,10H2,1H3. The lowest BCUT2D eigenvalue weighted by Crippen LogP contribution is -2.22. The molecular weight excluding hydrogens is 198 g/mol. The van der Waals surface area contributed by atoms with E-state index < -0.39 is 0 Å². The van der Waals surface area contributed by atoms with E-state index in [2.05, 4.69) is 5.10 Å². The molecule has 0 aliphatic rings. The van der Waals surface area contributed by atoms with Crippen molar-refractivity contribution < 1.29 is 0 Å². The quantitative estimate of drug-likeness (QED) is 0.761. The number of hydrogen-bond acceptors (Lipinski definition) is 4. The summed E-state index contributed by atoms with van der Waals surface area (Å²) in [6.45, 7) is 0. The normalized spacial score (nSPS) is 10.4. The van der Waals surface area contributed by atoms with Crippen molar-refractivity contribution >= 4 is 17.0 Å². The average molecular weight is 207 g/mol. The van der Waals surface area contributed by atoms with Crippen molar-refractivity contribution in [3.05, 3.63) is 34.1 Å². The van der Waals surface area contributed by atoms with Gasteiger partial charge in [-0.1, -0.05) is 6.07 Å². The van der Waals surface area contributed by atoms with E-state index in [1.54, 1.807) is 13.2 Å². The number of thiophene rings is 1. The molecule has 2 aromatic heterocycles. The van der Waals surface area contributed by atoms with Crippen LogP contribution in [0.4, 0.5) is 5.69 Å². The molecular formula is C9H9N3OS. The largest absolute Gasteiger partial charge is 0.394 e. The summed E-state index contributed by atoms with van der Waals surface area (Å²) in [7, 11) is 1.58. The zero-order valence-electron chi connectivity index (χ0n) is 7.60. The molecule has 2 rings (SSSR count). The fraction of sp³-hybridized carbons (Fsp3) is 0.111. The Kier molecular flexibility index (Phi) is 2.09. The molecule has 4 nitrogen and oxygen atoms in total. The summed E-state index contributed by atoms with van der Waals surface area (Å²) in [5.41, 5.74) is 6.42. The molecule has 0 saturated heterocycles. The molecule has 5 heteroatoms. The maximum atomic E-state index is 11.5. The lowest BCUT2D eigenvalue weighted by molar-refractivity contribution is 0.712. The molecule has 0 bridgehead atoms. The highest BCUT2D eigenvalue weighted by Crippen LogP contribution is 2.26. The van der Waals surface area contributed by atoms with Crippen molar-refractivity contribution in [2.75, 3.05) is 5.73 Å². The van der Waals surface area contributed by atoms with Crippen LogP contribution in [0.15, 0.2) is 28.5 Å². The highest BCUT2D eigenvalue weighted by molar-refractivity contribution is 7.13. The van der Waals surface area contributed by atoms with Gasteiger partial charge in [0.05, 0.1) is 6.20 Å². The first-order valence-electron chi connectivity index (χ1n) is 4.06. The van der Waals surface area contributed by atoms with E-state index in [-0.39, 0.29) is 11.2 Å². The highest BCUT2D eigenvalue weighted by Gasteiger charge is 2.08. The van der Waals surface area contributed by atoms with E-state index in [0.29, 0.717) is 5.56 Å². The van der Waals surface area contributed by atoms with Crippen molar-refractivity contribution in [2.45, 2.75) is 0 Å². The minimum atomic E-state index is -0.254. The second-order valence-corrected chi connectivity index (χ2v) is 3.83. The highest BCUT2D eigenvalue weighted by atomic mass is 32.1. The molecule has 2 N–H and O–H groups in total. The third-order valence-electron chi connectivity index (χ3n) is 1.96. The van der Waals surface area contributed by atoms with Gasteiger partial charge in [0.1, 0.15) is 5.69 Å². The van der Waals surface area contributed by atoms with Crippen molar-refractivity contribution in [3.8, 4) is 10.4 Å². The van der Waals surface area contributed by atoms with Crippen LogP contribution in [0.1, 0.15) is 0 Å². The van der Waals surface area contributed by atoms with Gasteiger partial charge in [-0.25, -0.2) is 4.68 Å². The van der Waals surface area contributed by atoms with Gasteiger partial charge in [-0.2, -0.15) is 5.10 Å². The number of nitrogens with zero attached hydrogens (tertiary/aromatic N) is 2. The molecule has 72 valence electrons. The zero-order valence-corrected chi connectivity index (χ0v) is 8.41. The van der Waals surface area contributed by atoms with Gasteiger partial charge in [-0.05, 0) is 11.4 Å². The summed E-state index contributed by atoms with van der Waals surface area (Å²) >= 11 is 1.54. The van der Waals surface area contributed by atoms with E-state index in [0.717, 1.165) is 4.88 Å². The van der Waals surface area contributed by atoms with Crippen LogP contribution in [0, 0.1) is 0 Å². The van der Waals surface area contributed by atoms with E-state index in [1.807, 2.05) is 17.5 Å². The van der Waals surface area contributed by atoms with Gasteiger partial charge in [0.2, 0.25) is 0 Å². The molecule has 2 heterocycles. The van der Waals surface area contributed by atoms with Crippen LogP contribution in [-0.2, 0) is 7.05 Å². The molecule has 0 spiro atoms. The predicted molar refractivity (Wildman–Crippen MR) is 57.2 cm³/mol. The lowest BCUT2D eigenvalue weighted by Gasteiger charge is -2.03. The van der Waals surface area contributed by atoms with Crippen LogP contribution >= 0.6 is 11.3 Å². The molecule has 14 heavy (non-hydrogen) atoms. The Hall–Kier alpha value is -1.62. The molecule has 0 amide bonds. The van der Waals surface area contributed by atoms with Crippen LogP contribution in [0.3, 0.4) is 0 Å². The summed E-state index contributed by atoms with van der Waals surface area (Å²) in [5.74, 6) is 0. The van der Waals surface area contributed by atoms with Gasteiger partial charge in [0.15, 0.2) is 0 Å². The predicted octanol–water partition coefficient (Wildman–Crippen LogP) is 1.09. The molecule has 0 unspecified atom stereocenters. The van der Waals surface area contributed by atoms with Gasteiger partial charge in [-0.15, -0.1) is 11.3 Å². The van der Waals surface area contributed by atoms with E-state index >= 15 is 0 Å². The van der Waals surface area contributed by atoms with Crippen molar-refractivity contribution in [2.24, 2.45) is 7.05 Å². The molecule has 0 fully saturated rings. The number of aryl methyl sites for hydroxylation is 1.